The maximum absolute atomic E-state index is 13.9. The van der Waals surface area contributed by atoms with Crippen LogP contribution >= 0.6 is 24.0 Å². The second-order valence-corrected chi connectivity index (χ2v) is 12.8. The first-order chi connectivity index (χ1) is 24.0. The third-order valence-corrected chi connectivity index (χ3v) is 9.70. The number of benzene rings is 4. The van der Waals surface area contributed by atoms with Crippen LogP contribution in [0.4, 0.5) is 5.95 Å². The highest BCUT2D eigenvalue weighted by atomic mass is 32.2. The van der Waals surface area contributed by atoms with E-state index in [-0.39, 0.29) is 35.0 Å². The monoisotopic (exact) mass is 686 g/mol. The number of aromatic nitrogens is 3. The van der Waals surface area contributed by atoms with E-state index >= 15 is 0 Å². The average molecular weight is 687 g/mol. The molecule has 0 spiro atoms. The third-order valence-electron chi connectivity index (χ3n) is 8.13. The molecule has 12 heteroatoms. The summed E-state index contributed by atoms with van der Waals surface area (Å²) in [4.78, 5) is 37.3. The van der Waals surface area contributed by atoms with Gasteiger partial charge in [-0.3, -0.25) is 19.6 Å². The molecule has 2 atom stereocenters. The van der Waals surface area contributed by atoms with Crippen molar-refractivity contribution in [2.24, 2.45) is 4.99 Å². The molecule has 49 heavy (non-hydrogen) atoms. The summed E-state index contributed by atoms with van der Waals surface area (Å²) >= 11 is 7.49. The van der Waals surface area contributed by atoms with Crippen LogP contribution < -0.4 is 5.32 Å². The molecule has 4 aromatic carbocycles. The van der Waals surface area contributed by atoms with Gasteiger partial charge in [0.25, 0.3) is 11.9 Å². The normalized spacial score (nSPS) is 17.2. The number of thiocarbonyl (C=S) groups is 1. The molecule has 0 saturated carbocycles. The average Bonchev–Trinajstić information content (AvgIpc) is 3.62. The van der Waals surface area contributed by atoms with Crippen LogP contribution in [0.15, 0.2) is 126 Å². The molecule has 3 heterocycles. The van der Waals surface area contributed by atoms with E-state index in [0.717, 1.165) is 16.7 Å². The lowest BCUT2D eigenvalue weighted by atomic mass is 10.0. The minimum atomic E-state index is -0.729. The number of ether oxygens (including phenoxy) is 1. The van der Waals surface area contributed by atoms with Crippen LogP contribution in [-0.2, 0) is 20.7 Å². The number of phenolic OH excluding ortho intramolecular Hbond substituents is 1. The molecule has 0 radical (unpaired) electrons. The van der Waals surface area contributed by atoms with Gasteiger partial charge in [0.05, 0.1) is 6.42 Å². The van der Waals surface area contributed by atoms with Gasteiger partial charge in [-0.2, -0.15) is 4.98 Å². The summed E-state index contributed by atoms with van der Waals surface area (Å²) in [5.74, 6) is 0.448. The standard InChI is InChI=1S/C37H30N6O4S2/c44-28-19-11-10-18-26(28)21-38-37-40-33(41-42-37)27-22-49-35-30(39-29(45)20-23-12-4-1-5-13-23)34(46)43(35)31(27)36(48)47-32(24-14-6-2-7-15-24)25-16-8-3-9-17-25/h1-19,21,30,32,35,44H,20,22H2,(H,39,45)(H,40,41,42)/t30-,35-/m1/s1. The lowest BCUT2D eigenvalue weighted by Crippen LogP contribution is -2.70. The highest BCUT2D eigenvalue weighted by molar-refractivity contribution is 8.00. The molecule has 0 bridgehead atoms. The van der Waals surface area contributed by atoms with Crippen LogP contribution in [0, 0.1) is 0 Å². The lowest BCUT2D eigenvalue weighted by Gasteiger charge is -2.50. The number of aliphatic imine (C=N–C) groups is 1. The minimum absolute atomic E-state index is 0.0809. The van der Waals surface area contributed by atoms with Crippen molar-refractivity contribution in [3.63, 3.8) is 0 Å². The van der Waals surface area contributed by atoms with E-state index < -0.39 is 17.5 Å². The Hall–Kier alpha value is -5.59. The molecule has 244 valence electrons. The maximum atomic E-state index is 13.9. The molecule has 1 fully saturated rings. The molecule has 3 N–H and O–H groups in total. The topological polar surface area (TPSA) is 133 Å². The summed E-state index contributed by atoms with van der Waals surface area (Å²) in [6, 6.07) is 34.9. The zero-order valence-corrected chi connectivity index (χ0v) is 27.6. The Balaban J connectivity index is 1.21. The molecule has 5 aromatic rings. The van der Waals surface area contributed by atoms with Gasteiger partial charge < -0.3 is 15.2 Å². The van der Waals surface area contributed by atoms with Crippen LogP contribution in [0.2, 0.25) is 0 Å². The molecule has 10 nitrogen and oxygen atoms in total. The number of hydrogen-bond donors (Lipinski definition) is 3. The number of nitrogens with one attached hydrogen (secondary N) is 2. The Bertz CT molecular complexity index is 2010. The maximum Gasteiger partial charge on any atom is 0.268 e. The predicted molar refractivity (Wildman–Crippen MR) is 192 cm³/mol. The molecule has 2 aliphatic heterocycles. The van der Waals surface area contributed by atoms with Crippen LogP contribution in [0.3, 0.4) is 0 Å². The van der Waals surface area contributed by atoms with Crippen molar-refractivity contribution < 1.29 is 19.4 Å². The lowest BCUT2D eigenvalue weighted by molar-refractivity contribution is -0.145. The highest BCUT2D eigenvalue weighted by Gasteiger charge is 2.54. The Morgan fingerprint density at radius 1 is 1.00 bits per heavy atom. The zero-order valence-electron chi connectivity index (χ0n) is 26.0. The van der Waals surface area contributed by atoms with Crippen molar-refractivity contribution in [3.05, 3.63) is 149 Å². The molecular formula is C37H30N6O4S2. The van der Waals surface area contributed by atoms with Gasteiger partial charge in [0, 0.05) is 23.1 Å². The predicted octanol–water partition coefficient (Wildman–Crippen LogP) is 5.75. The van der Waals surface area contributed by atoms with Gasteiger partial charge >= 0.3 is 0 Å². The highest BCUT2D eigenvalue weighted by Crippen LogP contribution is 2.44. The van der Waals surface area contributed by atoms with Crippen molar-refractivity contribution in [3.8, 4) is 5.75 Å². The molecule has 0 unspecified atom stereocenters. The zero-order chi connectivity index (χ0) is 33.7. The number of amides is 2. The Kier molecular flexibility index (Phi) is 9.31. The van der Waals surface area contributed by atoms with E-state index in [1.807, 2.05) is 91.0 Å². The van der Waals surface area contributed by atoms with E-state index in [2.05, 4.69) is 25.5 Å². The number of H-pyrrole nitrogens is 1. The second-order valence-electron chi connectivity index (χ2n) is 11.4. The van der Waals surface area contributed by atoms with Gasteiger partial charge in [0.2, 0.25) is 11.0 Å². The number of carbonyl (C=O) groups excluding carboxylic acids is 2. The number of β-lactam (4-membered cyclic amide) rings is 1. The number of thioether (sulfide) groups is 1. The van der Waals surface area contributed by atoms with Crippen LogP contribution in [0.5, 0.6) is 5.75 Å². The first-order valence-corrected chi connectivity index (χ1v) is 17.0. The molecule has 2 aliphatic rings. The van der Waals surface area contributed by atoms with Gasteiger partial charge in [-0.05, 0) is 41.0 Å². The second kappa shape index (κ2) is 14.3. The fraction of sp³-hybridized carbons (Fsp3) is 0.135. The first-order valence-electron chi connectivity index (χ1n) is 15.5. The number of fused-ring (bicyclic) bond motifs is 1. The number of nitrogens with zero attached hydrogens (tertiary/aromatic N) is 4. The first kappa shape index (κ1) is 32.0. The number of rotatable bonds is 10. The van der Waals surface area contributed by atoms with Crippen molar-refractivity contribution in [2.75, 3.05) is 5.75 Å². The number of para-hydroxylation sites is 1. The van der Waals surface area contributed by atoms with Gasteiger partial charge in [-0.15, -0.1) is 16.9 Å². The fourth-order valence-corrected chi connectivity index (χ4v) is 7.38. The molecule has 0 aliphatic carbocycles. The van der Waals surface area contributed by atoms with Gasteiger partial charge in [0.15, 0.2) is 5.82 Å². The van der Waals surface area contributed by atoms with Crippen molar-refractivity contribution in [2.45, 2.75) is 23.9 Å². The molecule has 2 amide bonds. The van der Waals surface area contributed by atoms with Crippen molar-refractivity contribution >= 4 is 58.6 Å². The molecule has 1 saturated heterocycles. The molecular weight excluding hydrogens is 657 g/mol. The summed E-state index contributed by atoms with van der Waals surface area (Å²) in [5, 5.41) is 20.0. The number of aromatic hydroxyl groups is 1. The Labute approximate surface area is 292 Å². The van der Waals surface area contributed by atoms with Gasteiger partial charge in [0.1, 0.15) is 29.0 Å². The summed E-state index contributed by atoms with van der Waals surface area (Å²) in [7, 11) is 0. The number of aromatic amines is 1. The van der Waals surface area contributed by atoms with E-state index in [0.29, 0.717) is 28.4 Å². The Morgan fingerprint density at radius 3 is 2.31 bits per heavy atom. The van der Waals surface area contributed by atoms with E-state index in [1.54, 1.807) is 29.2 Å². The van der Waals surface area contributed by atoms with Crippen LogP contribution in [-0.4, -0.2) is 65.4 Å². The fourth-order valence-electron chi connectivity index (χ4n) is 5.71. The summed E-state index contributed by atoms with van der Waals surface area (Å²) in [6.45, 7) is 0. The van der Waals surface area contributed by atoms with Crippen molar-refractivity contribution in [1.82, 2.24) is 25.4 Å². The summed E-state index contributed by atoms with van der Waals surface area (Å²) in [5.41, 5.74) is 4.16. The molecule has 7 rings (SSSR count). The van der Waals surface area contributed by atoms with Crippen LogP contribution in [0.25, 0.3) is 5.57 Å². The van der Waals surface area contributed by atoms with E-state index in [1.165, 1.54) is 18.0 Å². The number of phenols is 1. The van der Waals surface area contributed by atoms with E-state index in [4.69, 9.17) is 17.0 Å². The summed E-state index contributed by atoms with van der Waals surface area (Å²) in [6.07, 6.45) is 1.08. The number of hydrogen-bond acceptors (Lipinski definition) is 9. The van der Waals surface area contributed by atoms with E-state index in [9.17, 15) is 14.7 Å². The molecule has 1 aromatic heterocycles. The smallest absolute Gasteiger partial charge is 0.268 e. The SMILES string of the molecule is O=C(Cc1ccccc1)N[C@@H]1C(=O)N2C(C(=S)OC(c3ccccc3)c3ccccc3)=C(c3nc(N=Cc4ccccc4O)n[nH]3)CS[C@H]12. The van der Waals surface area contributed by atoms with Gasteiger partial charge in [-0.25, -0.2) is 4.99 Å². The minimum Gasteiger partial charge on any atom is -0.507 e. The third kappa shape index (κ3) is 6.87. The largest absolute Gasteiger partial charge is 0.507 e. The summed E-state index contributed by atoms with van der Waals surface area (Å²) < 4.78 is 6.60. The van der Waals surface area contributed by atoms with Gasteiger partial charge in [-0.1, -0.05) is 103 Å². The number of carbonyl (C=O) groups is 2. The van der Waals surface area contributed by atoms with Crippen molar-refractivity contribution in [1.29, 1.82) is 0 Å². The van der Waals surface area contributed by atoms with Crippen LogP contribution in [0.1, 0.15) is 34.2 Å². The quantitative estimate of drug-likeness (QED) is 0.0962. The Morgan fingerprint density at radius 2 is 1.63 bits per heavy atom.